The summed E-state index contributed by atoms with van der Waals surface area (Å²) in [4.78, 5) is 43.8. The van der Waals surface area contributed by atoms with Crippen molar-refractivity contribution in [1.82, 2.24) is 29.3 Å². The van der Waals surface area contributed by atoms with E-state index in [1.54, 1.807) is 53.3 Å². The minimum atomic E-state index is -0.452. The van der Waals surface area contributed by atoms with Crippen LogP contribution in [-0.4, -0.2) is 48.2 Å². The fraction of sp³-hybridized carbons (Fsp3) is 0.0500. The maximum atomic E-state index is 12.7. The van der Waals surface area contributed by atoms with Crippen LogP contribution < -0.4 is 15.4 Å². The van der Waals surface area contributed by atoms with Gasteiger partial charge >= 0.3 is 0 Å². The van der Waals surface area contributed by atoms with Crippen molar-refractivity contribution in [3.8, 4) is 5.75 Å². The van der Waals surface area contributed by atoms with Crippen LogP contribution in [0.2, 0.25) is 0 Å². The lowest BCUT2D eigenvalue weighted by Gasteiger charge is -2.02. The lowest BCUT2D eigenvalue weighted by Crippen LogP contribution is -2.14. The van der Waals surface area contributed by atoms with Gasteiger partial charge in [0.05, 0.1) is 23.7 Å². The van der Waals surface area contributed by atoms with E-state index < -0.39 is 5.91 Å². The molecule has 0 atom stereocenters. The Morgan fingerprint density at radius 1 is 1.06 bits per heavy atom. The predicted molar refractivity (Wildman–Crippen MR) is 112 cm³/mol. The van der Waals surface area contributed by atoms with Crippen LogP contribution in [0.5, 0.6) is 5.75 Å². The first-order valence-electron chi connectivity index (χ1n) is 9.25. The molecule has 0 fully saturated rings. The van der Waals surface area contributed by atoms with Crippen LogP contribution in [0.25, 0.3) is 16.7 Å². The molecule has 154 valence electrons. The van der Waals surface area contributed by atoms with Crippen LogP contribution in [0.1, 0.15) is 20.8 Å². The van der Waals surface area contributed by atoms with Crippen LogP contribution in [0.3, 0.4) is 0 Å². The second-order valence-corrected chi connectivity index (χ2v) is 6.56. The topological polar surface area (TPSA) is 142 Å². The van der Waals surface area contributed by atoms with Gasteiger partial charge in [-0.05, 0) is 24.3 Å². The van der Waals surface area contributed by atoms with Crippen LogP contribution >= 0.6 is 0 Å². The number of aromatic nitrogens is 6. The van der Waals surface area contributed by atoms with E-state index in [0.29, 0.717) is 33.9 Å². The fourth-order valence-electron chi connectivity index (χ4n) is 3.22. The highest BCUT2D eigenvalue weighted by molar-refractivity contribution is 6.11. The number of carbonyl (C=O) groups is 2. The molecule has 4 heterocycles. The summed E-state index contributed by atoms with van der Waals surface area (Å²) in [6, 6.07) is 8.66. The zero-order valence-electron chi connectivity index (χ0n) is 16.2. The molecule has 0 aliphatic rings. The zero-order valence-corrected chi connectivity index (χ0v) is 16.2. The first kappa shape index (κ1) is 18.4. The average molecular weight is 416 g/mol. The highest BCUT2D eigenvalue weighted by Gasteiger charge is 2.18. The first-order valence-corrected chi connectivity index (χ1v) is 9.25. The maximum Gasteiger partial charge on any atom is 0.278 e. The van der Waals surface area contributed by atoms with Crippen molar-refractivity contribution in [2.75, 3.05) is 17.7 Å². The Labute approximate surface area is 174 Å². The number of amides is 2. The van der Waals surface area contributed by atoms with Gasteiger partial charge in [-0.3, -0.25) is 20.2 Å². The number of aromatic amines is 2. The summed E-state index contributed by atoms with van der Waals surface area (Å²) in [6.45, 7) is 0. The van der Waals surface area contributed by atoms with Crippen molar-refractivity contribution < 1.29 is 14.3 Å². The molecule has 0 spiro atoms. The van der Waals surface area contributed by atoms with Crippen LogP contribution in [0, 0.1) is 0 Å². The molecule has 31 heavy (non-hydrogen) atoms. The number of para-hydroxylation sites is 1. The molecule has 0 saturated heterocycles. The average Bonchev–Trinajstić information content (AvgIpc) is 3.51. The molecular formula is C20H16N8O3. The molecule has 2 amide bonds. The van der Waals surface area contributed by atoms with Gasteiger partial charge in [-0.2, -0.15) is 0 Å². The van der Waals surface area contributed by atoms with Crippen LogP contribution in [-0.2, 0) is 0 Å². The summed E-state index contributed by atoms with van der Waals surface area (Å²) >= 11 is 0. The van der Waals surface area contributed by atoms with Crippen molar-refractivity contribution in [2.24, 2.45) is 0 Å². The SMILES string of the molecule is COc1cccn2cc(C(=O)Nc3nc4cccc(C(=O)Nc5ncc[nH]5)c4[nH]3)nc12. The Bertz CT molecular complexity index is 1420. The monoisotopic (exact) mass is 416 g/mol. The van der Waals surface area contributed by atoms with Crippen molar-refractivity contribution in [3.63, 3.8) is 0 Å². The molecule has 0 unspecified atom stereocenters. The maximum absolute atomic E-state index is 12.7. The fourth-order valence-corrected chi connectivity index (χ4v) is 3.22. The smallest absolute Gasteiger partial charge is 0.278 e. The number of hydrogen-bond donors (Lipinski definition) is 4. The Morgan fingerprint density at radius 3 is 2.74 bits per heavy atom. The van der Waals surface area contributed by atoms with Gasteiger partial charge in [0.1, 0.15) is 5.69 Å². The molecule has 4 N–H and O–H groups in total. The molecule has 0 bridgehead atoms. The number of nitrogens with one attached hydrogen (secondary N) is 4. The minimum absolute atomic E-state index is 0.195. The largest absolute Gasteiger partial charge is 0.493 e. The van der Waals surface area contributed by atoms with Gasteiger partial charge in [0.2, 0.25) is 11.9 Å². The van der Waals surface area contributed by atoms with Gasteiger partial charge in [0, 0.05) is 24.8 Å². The van der Waals surface area contributed by atoms with Crippen LogP contribution in [0.4, 0.5) is 11.9 Å². The molecule has 5 aromatic rings. The van der Waals surface area contributed by atoms with E-state index in [4.69, 9.17) is 4.74 Å². The van der Waals surface area contributed by atoms with Gasteiger partial charge in [0.25, 0.3) is 11.8 Å². The number of carbonyl (C=O) groups excluding carboxylic acids is 2. The second kappa shape index (κ2) is 7.30. The van der Waals surface area contributed by atoms with Crippen molar-refractivity contribution in [3.05, 3.63) is 66.4 Å². The molecule has 11 heteroatoms. The molecule has 0 aliphatic heterocycles. The van der Waals surface area contributed by atoms with Gasteiger partial charge in [0.15, 0.2) is 11.4 Å². The van der Waals surface area contributed by atoms with Gasteiger partial charge in [-0.1, -0.05) is 6.07 Å². The summed E-state index contributed by atoms with van der Waals surface area (Å²) in [5, 5.41) is 5.35. The van der Waals surface area contributed by atoms with Crippen molar-refractivity contribution in [2.45, 2.75) is 0 Å². The third-order valence-electron chi connectivity index (χ3n) is 4.62. The highest BCUT2D eigenvalue weighted by Crippen LogP contribution is 2.21. The normalized spacial score (nSPS) is 11.0. The Balaban J connectivity index is 1.42. The minimum Gasteiger partial charge on any atom is -0.493 e. The zero-order chi connectivity index (χ0) is 21.4. The summed E-state index contributed by atoms with van der Waals surface area (Å²) < 4.78 is 6.97. The molecule has 11 nitrogen and oxygen atoms in total. The second-order valence-electron chi connectivity index (χ2n) is 6.56. The molecule has 1 aromatic carbocycles. The number of nitrogens with zero attached hydrogens (tertiary/aromatic N) is 4. The highest BCUT2D eigenvalue weighted by atomic mass is 16.5. The lowest BCUT2D eigenvalue weighted by molar-refractivity contribution is 0.101. The summed E-state index contributed by atoms with van der Waals surface area (Å²) in [7, 11) is 1.54. The number of anilines is 2. The number of hydrogen-bond acceptors (Lipinski definition) is 6. The van der Waals surface area contributed by atoms with E-state index in [9.17, 15) is 9.59 Å². The standard InChI is InChI=1S/C20H16N8O3/c1-31-14-6-3-9-28-10-13(23-16(14)28)18(30)27-20-24-12-5-2-4-11(15(12)25-20)17(29)26-19-21-7-8-22-19/h2-10H,1H3,(H2,21,22,26,29)(H2,24,25,27,30). The number of pyridine rings is 1. The molecule has 0 saturated carbocycles. The number of H-pyrrole nitrogens is 2. The summed E-state index contributed by atoms with van der Waals surface area (Å²) in [5.41, 5.74) is 2.09. The summed E-state index contributed by atoms with van der Waals surface area (Å²) in [5.74, 6) is 0.262. The first-order chi connectivity index (χ1) is 15.1. The third-order valence-corrected chi connectivity index (χ3v) is 4.62. The van der Waals surface area contributed by atoms with Crippen molar-refractivity contribution >= 4 is 40.4 Å². The Kier molecular flexibility index (Phi) is 4.32. The number of rotatable bonds is 5. The Morgan fingerprint density at radius 2 is 1.94 bits per heavy atom. The van der Waals surface area contributed by atoms with E-state index >= 15 is 0 Å². The quantitative estimate of drug-likeness (QED) is 0.347. The van der Waals surface area contributed by atoms with Crippen LogP contribution in [0.15, 0.2) is 55.1 Å². The third kappa shape index (κ3) is 3.33. The predicted octanol–water partition coefficient (Wildman–Crippen LogP) is 2.45. The number of imidazole rings is 3. The lowest BCUT2D eigenvalue weighted by atomic mass is 10.2. The van der Waals surface area contributed by atoms with E-state index in [0.717, 1.165) is 0 Å². The van der Waals surface area contributed by atoms with Crippen molar-refractivity contribution in [1.29, 1.82) is 0 Å². The number of methoxy groups -OCH3 is 1. The number of benzene rings is 1. The van der Waals surface area contributed by atoms with Gasteiger partial charge in [-0.25, -0.2) is 15.0 Å². The molecule has 0 aliphatic carbocycles. The number of ether oxygens (including phenoxy) is 1. The summed E-state index contributed by atoms with van der Waals surface area (Å²) in [6.07, 6.45) is 6.51. The molecule has 0 radical (unpaired) electrons. The van der Waals surface area contributed by atoms with E-state index in [1.165, 1.54) is 13.3 Å². The Hall–Kier alpha value is -4.67. The number of fused-ring (bicyclic) bond motifs is 2. The van der Waals surface area contributed by atoms with E-state index in [-0.39, 0.29) is 17.5 Å². The van der Waals surface area contributed by atoms with E-state index in [1.807, 2.05) is 0 Å². The van der Waals surface area contributed by atoms with Gasteiger partial charge < -0.3 is 19.1 Å². The van der Waals surface area contributed by atoms with E-state index in [2.05, 4.69) is 35.6 Å². The molecule has 4 aromatic heterocycles. The molecule has 5 rings (SSSR count). The molecular weight excluding hydrogens is 400 g/mol. The van der Waals surface area contributed by atoms with Gasteiger partial charge in [-0.15, -0.1) is 0 Å².